The fraction of sp³-hybridized carbons (Fsp3) is 0.500. The monoisotopic (exact) mass is 266 g/mol. The molecule has 1 heterocycles. The van der Waals surface area contributed by atoms with Gasteiger partial charge >= 0.3 is 5.97 Å². The van der Waals surface area contributed by atoms with Crippen LogP contribution in [-0.2, 0) is 4.79 Å². The maximum absolute atomic E-state index is 10.9. The van der Waals surface area contributed by atoms with E-state index in [9.17, 15) is 9.59 Å². The Balaban J connectivity index is 2.84. The van der Waals surface area contributed by atoms with Gasteiger partial charge in [0.1, 0.15) is 5.82 Å². The van der Waals surface area contributed by atoms with Crippen LogP contribution >= 0.6 is 0 Å². The number of rotatable bonds is 5. The smallest absolute Gasteiger partial charge is 0.305 e. The van der Waals surface area contributed by atoms with E-state index >= 15 is 0 Å². The number of nitrogens with two attached hydrogens (primary N) is 1. The first-order valence-electron chi connectivity index (χ1n) is 5.82. The standard InChI is InChI=1S/C12H18N4O3/c1-12(2,3)8(6-10(17)18)14-9-5-4-7(11(13)19)15-16-9/h4-5,8H,6H2,1-3H3,(H2,13,19)(H,14,16)(H,17,18). The number of nitrogens with zero attached hydrogens (tertiary/aromatic N) is 2. The van der Waals surface area contributed by atoms with Crippen LogP contribution in [0, 0.1) is 5.41 Å². The molecule has 1 aromatic heterocycles. The van der Waals surface area contributed by atoms with Gasteiger partial charge in [0, 0.05) is 6.04 Å². The van der Waals surface area contributed by atoms with Gasteiger partial charge in [0.2, 0.25) is 0 Å². The van der Waals surface area contributed by atoms with Crippen LogP contribution in [0.1, 0.15) is 37.7 Å². The first kappa shape index (κ1) is 14.9. The molecule has 1 rings (SSSR count). The zero-order valence-electron chi connectivity index (χ0n) is 11.2. The van der Waals surface area contributed by atoms with Gasteiger partial charge in [-0.15, -0.1) is 10.2 Å². The van der Waals surface area contributed by atoms with Gasteiger partial charge in [-0.25, -0.2) is 0 Å². The van der Waals surface area contributed by atoms with Gasteiger partial charge in [-0.2, -0.15) is 0 Å². The molecule has 7 heteroatoms. The van der Waals surface area contributed by atoms with Crippen molar-refractivity contribution in [2.45, 2.75) is 33.2 Å². The summed E-state index contributed by atoms with van der Waals surface area (Å²) in [7, 11) is 0. The third kappa shape index (κ3) is 4.53. The van der Waals surface area contributed by atoms with Crippen LogP contribution in [0.3, 0.4) is 0 Å². The van der Waals surface area contributed by atoms with Crippen molar-refractivity contribution in [3.05, 3.63) is 17.8 Å². The number of amides is 1. The van der Waals surface area contributed by atoms with Gasteiger partial charge < -0.3 is 16.2 Å². The fourth-order valence-corrected chi connectivity index (χ4v) is 1.47. The Hall–Kier alpha value is -2.18. The summed E-state index contributed by atoms with van der Waals surface area (Å²) in [6, 6.07) is 2.69. The molecular weight excluding hydrogens is 248 g/mol. The highest BCUT2D eigenvalue weighted by Gasteiger charge is 2.27. The first-order valence-corrected chi connectivity index (χ1v) is 5.82. The van der Waals surface area contributed by atoms with Crippen LogP contribution in [0.25, 0.3) is 0 Å². The Morgan fingerprint density at radius 1 is 1.37 bits per heavy atom. The third-order valence-corrected chi connectivity index (χ3v) is 2.66. The highest BCUT2D eigenvalue weighted by Crippen LogP contribution is 2.24. The molecule has 0 bridgehead atoms. The van der Waals surface area contributed by atoms with Gasteiger partial charge in [0.15, 0.2) is 5.69 Å². The second-order valence-electron chi connectivity index (χ2n) is 5.33. The number of aliphatic carboxylic acids is 1. The van der Waals surface area contributed by atoms with Crippen LogP contribution in [0.2, 0.25) is 0 Å². The van der Waals surface area contributed by atoms with Crippen LogP contribution in [-0.4, -0.2) is 33.2 Å². The van der Waals surface area contributed by atoms with Crippen LogP contribution in [0.15, 0.2) is 12.1 Å². The number of hydrogen-bond donors (Lipinski definition) is 3. The highest BCUT2D eigenvalue weighted by molar-refractivity contribution is 5.90. The number of carbonyl (C=O) groups is 2. The van der Waals surface area contributed by atoms with Crippen molar-refractivity contribution in [2.75, 3.05) is 5.32 Å². The minimum atomic E-state index is -0.894. The van der Waals surface area contributed by atoms with E-state index in [4.69, 9.17) is 10.8 Å². The molecule has 104 valence electrons. The van der Waals surface area contributed by atoms with Crippen molar-refractivity contribution >= 4 is 17.7 Å². The van der Waals surface area contributed by atoms with E-state index in [2.05, 4.69) is 15.5 Å². The summed E-state index contributed by atoms with van der Waals surface area (Å²) in [5.74, 6) is -1.14. The lowest BCUT2D eigenvalue weighted by Crippen LogP contribution is -2.36. The molecule has 0 aliphatic rings. The summed E-state index contributed by atoms with van der Waals surface area (Å²) >= 11 is 0. The molecule has 0 radical (unpaired) electrons. The Bertz CT molecular complexity index is 465. The molecule has 1 unspecified atom stereocenters. The van der Waals surface area contributed by atoms with E-state index in [0.29, 0.717) is 5.82 Å². The molecule has 1 atom stereocenters. The number of aromatic nitrogens is 2. The number of primary amides is 1. The Labute approximate surface area is 111 Å². The van der Waals surface area contributed by atoms with E-state index < -0.39 is 11.9 Å². The second-order valence-corrected chi connectivity index (χ2v) is 5.33. The quantitative estimate of drug-likeness (QED) is 0.728. The maximum Gasteiger partial charge on any atom is 0.305 e. The zero-order valence-corrected chi connectivity index (χ0v) is 11.2. The Kier molecular flexibility index (Phi) is 4.42. The Morgan fingerprint density at radius 3 is 2.37 bits per heavy atom. The van der Waals surface area contributed by atoms with Crippen molar-refractivity contribution in [1.29, 1.82) is 0 Å². The molecule has 1 aromatic rings. The second kappa shape index (κ2) is 5.64. The molecule has 4 N–H and O–H groups in total. The third-order valence-electron chi connectivity index (χ3n) is 2.66. The van der Waals surface area contributed by atoms with Crippen molar-refractivity contribution in [3.8, 4) is 0 Å². The molecule has 0 saturated carbocycles. The number of nitrogens with one attached hydrogen (secondary N) is 1. The molecule has 0 aliphatic carbocycles. The normalized spacial score (nSPS) is 12.8. The minimum Gasteiger partial charge on any atom is -0.481 e. The summed E-state index contributed by atoms with van der Waals surface area (Å²) in [5, 5.41) is 19.4. The van der Waals surface area contributed by atoms with E-state index in [-0.39, 0.29) is 23.6 Å². The van der Waals surface area contributed by atoms with Crippen molar-refractivity contribution in [3.63, 3.8) is 0 Å². The molecule has 7 nitrogen and oxygen atoms in total. The fourth-order valence-electron chi connectivity index (χ4n) is 1.47. The predicted octanol–water partition coefficient (Wildman–Crippen LogP) is 0.877. The molecule has 1 amide bonds. The van der Waals surface area contributed by atoms with Crippen molar-refractivity contribution in [2.24, 2.45) is 11.1 Å². The average Bonchev–Trinajstić information content (AvgIpc) is 2.27. The summed E-state index contributed by atoms with van der Waals surface area (Å²) in [5.41, 5.74) is 4.87. The van der Waals surface area contributed by atoms with Gasteiger partial charge in [-0.3, -0.25) is 9.59 Å². The highest BCUT2D eigenvalue weighted by atomic mass is 16.4. The molecule has 0 fully saturated rings. The lowest BCUT2D eigenvalue weighted by atomic mass is 9.85. The summed E-state index contributed by atoms with van der Waals surface area (Å²) in [6.45, 7) is 5.79. The first-order chi connectivity index (χ1) is 8.70. The van der Waals surface area contributed by atoms with Crippen molar-refractivity contribution in [1.82, 2.24) is 10.2 Å². The number of hydrogen-bond acceptors (Lipinski definition) is 5. The Morgan fingerprint density at radius 2 is 2.00 bits per heavy atom. The van der Waals surface area contributed by atoms with Crippen LogP contribution in [0.5, 0.6) is 0 Å². The maximum atomic E-state index is 10.9. The topological polar surface area (TPSA) is 118 Å². The SMILES string of the molecule is CC(C)(C)C(CC(=O)O)Nc1ccc(C(N)=O)nn1. The minimum absolute atomic E-state index is 0.0389. The molecule has 0 spiro atoms. The van der Waals surface area contributed by atoms with Crippen LogP contribution < -0.4 is 11.1 Å². The summed E-state index contributed by atoms with van der Waals surface area (Å²) in [4.78, 5) is 21.7. The van der Waals surface area contributed by atoms with E-state index in [1.807, 2.05) is 20.8 Å². The lowest BCUT2D eigenvalue weighted by molar-refractivity contribution is -0.137. The molecule has 0 aromatic carbocycles. The van der Waals surface area contributed by atoms with Gasteiger partial charge in [-0.1, -0.05) is 20.8 Å². The summed E-state index contributed by atoms with van der Waals surface area (Å²) < 4.78 is 0. The molecular formula is C12H18N4O3. The number of carboxylic acids is 1. The van der Waals surface area contributed by atoms with Gasteiger partial charge in [0.05, 0.1) is 6.42 Å². The van der Waals surface area contributed by atoms with E-state index in [1.54, 1.807) is 6.07 Å². The van der Waals surface area contributed by atoms with Crippen molar-refractivity contribution < 1.29 is 14.7 Å². The molecule has 0 saturated heterocycles. The van der Waals surface area contributed by atoms with Gasteiger partial charge in [0.25, 0.3) is 5.91 Å². The lowest BCUT2D eigenvalue weighted by Gasteiger charge is -2.30. The molecule has 19 heavy (non-hydrogen) atoms. The van der Waals surface area contributed by atoms with E-state index in [0.717, 1.165) is 0 Å². The number of carboxylic acid groups (broad SMARTS) is 1. The molecule has 0 aliphatic heterocycles. The number of carbonyl (C=O) groups excluding carboxylic acids is 1. The van der Waals surface area contributed by atoms with E-state index in [1.165, 1.54) is 6.07 Å². The van der Waals surface area contributed by atoms with Crippen LogP contribution in [0.4, 0.5) is 5.82 Å². The van der Waals surface area contributed by atoms with Gasteiger partial charge in [-0.05, 0) is 17.5 Å². The summed E-state index contributed by atoms with van der Waals surface area (Å²) in [6.07, 6.45) is -0.0389. The predicted molar refractivity (Wildman–Crippen MR) is 69.7 cm³/mol. The number of anilines is 1. The largest absolute Gasteiger partial charge is 0.481 e. The average molecular weight is 266 g/mol. The zero-order chi connectivity index (χ0) is 14.6.